The van der Waals surface area contributed by atoms with E-state index in [4.69, 9.17) is 12.2 Å². The Morgan fingerprint density at radius 2 is 1.76 bits per heavy atom. The molecule has 0 fully saturated rings. The highest BCUT2D eigenvalue weighted by Crippen LogP contribution is 2.09. The predicted octanol–water partition coefficient (Wildman–Crippen LogP) is 3.03. The summed E-state index contributed by atoms with van der Waals surface area (Å²) < 4.78 is 12.9. The maximum Gasteiger partial charge on any atom is 0.175 e. The Bertz CT molecular complexity index is 516. The molecule has 3 nitrogen and oxygen atoms in total. The molecule has 5 heteroatoms. The molecule has 2 N–H and O–H groups in total. The van der Waals surface area contributed by atoms with Crippen molar-refractivity contribution in [3.8, 4) is 0 Å². The van der Waals surface area contributed by atoms with Gasteiger partial charge in [-0.05, 0) is 24.4 Å². The molecule has 0 spiro atoms. The molecule has 0 aliphatic heterocycles. The first-order valence-electron chi connectivity index (χ1n) is 4.97. The van der Waals surface area contributed by atoms with Crippen LogP contribution in [0, 0.1) is 5.82 Å². The van der Waals surface area contributed by atoms with Gasteiger partial charge in [-0.15, -0.1) is 0 Å². The van der Waals surface area contributed by atoms with Crippen LogP contribution >= 0.6 is 12.2 Å². The summed E-state index contributed by atoms with van der Waals surface area (Å²) in [6.07, 6.45) is 2.64. The van der Waals surface area contributed by atoms with Crippen molar-refractivity contribution in [1.29, 1.82) is 0 Å². The molecule has 1 aromatic carbocycles. The molecular formula is C12H10FN3S. The van der Waals surface area contributed by atoms with Crippen LogP contribution in [0.5, 0.6) is 0 Å². The Labute approximate surface area is 104 Å². The summed E-state index contributed by atoms with van der Waals surface area (Å²) >= 11 is 5.09. The van der Waals surface area contributed by atoms with Crippen molar-refractivity contribution in [2.24, 2.45) is 0 Å². The third kappa shape index (κ3) is 3.49. The zero-order chi connectivity index (χ0) is 12.1. The third-order valence-electron chi connectivity index (χ3n) is 1.99. The van der Waals surface area contributed by atoms with Crippen LogP contribution in [0.25, 0.3) is 0 Å². The molecule has 0 radical (unpaired) electrons. The predicted molar refractivity (Wildman–Crippen MR) is 70.5 cm³/mol. The van der Waals surface area contributed by atoms with Gasteiger partial charge in [0, 0.05) is 11.8 Å². The number of hydrogen-bond donors (Lipinski definition) is 2. The van der Waals surface area contributed by atoms with Crippen LogP contribution in [0.2, 0.25) is 0 Å². The van der Waals surface area contributed by atoms with Gasteiger partial charge in [0.2, 0.25) is 0 Å². The van der Waals surface area contributed by atoms with E-state index in [1.807, 2.05) is 30.3 Å². The number of hydrogen-bond acceptors (Lipinski definition) is 2. The van der Waals surface area contributed by atoms with Crippen LogP contribution in [-0.4, -0.2) is 10.1 Å². The van der Waals surface area contributed by atoms with E-state index in [1.165, 1.54) is 12.3 Å². The topological polar surface area (TPSA) is 37.0 Å². The van der Waals surface area contributed by atoms with Gasteiger partial charge in [0.1, 0.15) is 5.82 Å². The summed E-state index contributed by atoms with van der Waals surface area (Å²) in [5, 5.41) is 6.22. The van der Waals surface area contributed by atoms with Gasteiger partial charge < -0.3 is 10.6 Å². The molecule has 0 bridgehead atoms. The van der Waals surface area contributed by atoms with E-state index in [2.05, 4.69) is 15.6 Å². The largest absolute Gasteiger partial charge is 0.332 e. The van der Waals surface area contributed by atoms with Crippen LogP contribution < -0.4 is 10.6 Å². The fraction of sp³-hybridized carbons (Fsp3) is 0. The fourth-order valence-electron chi connectivity index (χ4n) is 1.30. The highest BCUT2D eigenvalue weighted by molar-refractivity contribution is 7.80. The lowest BCUT2D eigenvalue weighted by molar-refractivity contribution is 0.622. The Hall–Kier alpha value is -2.01. The number of rotatable bonds is 2. The number of para-hydroxylation sites is 1. The van der Waals surface area contributed by atoms with Gasteiger partial charge in [0.15, 0.2) is 5.11 Å². The van der Waals surface area contributed by atoms with Crippen molar-refractivity contribution in [3.05, 3.63) is 54.6 Å². The average Bonchev–Trinajstić information content (AvgIpc) is 2.30. The summed E-state index contributed by atoms with van der Waals surface area (Å²) in [7, 11) is 0. The molecular weight excluding hydrogens is 237 g/mol. The third-order valence-corrected chi connectivity index (χ3v) is 2.20. The molecule has 1 heterocycles. The van der Waals surface area contributed by atoms with Crippen molar-refractivity contribution >= 4 is 28.7 Å². The molecule has 0 atom stereocenters. The van der Waals surface area contributed by atoms with Gasteiger partial charge in [0.05, 0.1) is 18.1 Å². The molecule has 0 amide bonds. The zero-order valence-electron chi connectivity index (χ0n) is 8.85. The number of nitrogens with one attached hydrogen (secondary N) is 2. The normalized spacial score (nSPS) is 9.71. The molecule has 2 aromatic rings. The van der Waals surface area contributed by atoms with E-state index in [0.29, 0.717) is 10.8 Å². The number of thiocarbonyl (C=S) groups is 1. The average molecular weight is 247 g/mol. The van der Waals surface area contributed by atoms with Crippen LogP contribution in [0.3, 0.4) is 0 Å². The first-order valence-corrected chi connectivity index (χ1v) is 5.38. The lowest BCUT2D eigenvalue weighted by Gasteiger charge is -2.09. The van der Waals surface area contributed by atoms with Crippen LogP contribution in [0.1, 0.15) is 0 Å². The van der Waals surface area contributed by atoms with Crippen LogP contribution in [0.15, 0.2) is 48.8 Å². The minimum atomic E-state index is -0.405. The van der Waals surface area contributed by atoms with Gasteiger partial charge in [-0.25, -0.2) is 4.39 Å². The summed E-state index contributed by atoms with van der Waals surface area (Å²) in [4.78, 5) is 3.72. The quantitative estimate of drug-likeness (QED) is 0.800. The minimum Gasteiger partial charge on any atom is -0.332 e. The molecule has 0 aliphatic carbocycles. The van der Waals surface area contributed by atoms with E-state index >= 15 is 0 Å². The number of anilines is 2. The smallest absolute Gasteiger partial charge is 0.175 e. The van der Waals surface area contributed by atoms with Gasteiger partial charge in [-0.2, -0.15) is 0 Å². The molecule has 1 aromatic heterocycles. The monoisotopic (exact) mass is 247 g/mol. The molecule has 2 rings (SSSR count). The number of aromatic nitrogens is 1. The highest BCUT2D eigenvalue weighted by Gasteiger charge is 1.99. The number of halogens is 1. The zero-order valence-corrected chi connectivity index (χ0v) is 9.67. The Balaban J connectivity index is 1.98. The maximum atomic E-state index is 12.9. The van der Waals surface area contributed by atoms with E-state index in [9.17, 15) is 4.39 Å². The molecule has 0 saturated heterocycles. The first kappa shape index (κ1) is 11.5. The van der Waals surface area contributed by atoms with Crippen molar-refractivity contribution in [3.63, 3.8) is 0 Å². The SMILES string of the molecule is Fc1cncc(NC(=S)Nc2ccccc2)c1. The summed E-state index contributed by atoms with van der Waals surface area (Å²) in [6, 6.07) is 10.8. The van der Waals surface area contributed by atoms with E-state index in [-0.39, 0.29) is 0 Å². The van der Waals surface area contributed by atoms with Gasteiger partial charge in [-0.1, -0.05) is 18.2 Å². The van der Waals surface area contributed by atoms with Gasteiger partial charge in [-0.3, -0.25) is 4.98 Å². The number of benzene rings is 1. The molecule has 0 saturated carbocycles. The van der Waals surface area contributed by atoms with Crippen molar-refractivity contribution in [1.82, 2.24) is 4.98 Å². The first-order chi connectivity index (χ1) is 8.24. The maximum absolute atomic E-state index is 12.9. The second-order valence-corrected chi connectivity index (χ2v) is 3.75. The lowest BCUT2D eigenvalue weighted by Crippen LogP contribution is -2.19. The Morgan fingerprint density at radius 1 is 1.06 bits per heavy atom. The highest BCUT2D eigenvalue weighted by atomic mass is 32.1. The Kier molecular flexibility index (Phi) is 3.62. The van der Waals surface area contributed by atoms with E-state index in [0.717, 1.165) is 11.9 Å². The van der Waals surface area contributed by atoms with Gasteiger partial charge in [0.25, 0.3) is 0 Å². The molecule has 0 aliphatic rings. The van der Waals surface area contributed by atoms with E-state index < -0.39 is 5.82 Å². The van der Waals surface area contributed by atoms with Crippen molar-refractivity contribution in [2.45, 2.75) is 0 Å². The number of nitrogens with zero attached hydrogens (tertiary/aromatic N) is 1. The van der Waals surface area contributed by atoms with Gasteiger partial charge >= 0.3 is 0 Å². The fourth-order valence-corrected chi connectivity index (χ4v) is 1.53. The summed E-state index contributed by atoms with van der Waals surface area (Å²) in [5.74, 6) is -0.405. The minimum absolute atomic E-state index is 0.392. The molecule has 17 heavy (non-hydrogen) atoms. The second-order valence-electron chi connectivity index (χ2n) is 3.34. The van der Waals surface area contributed by atoms with E-state index in [1.54, 1.807) is 0 Å². The Morgan fingerprint density at radius 3 is 2.47 bits per heavy atom. The van der Waals surface area contributed by atoms with Crippen LogP contribution in [-0.2, 0) is 0 Å². The van der Waals surface area contributed by atoms with Crippen molar-refractivity contribution < 1.29 is 4.39 Å². The molecule has 86 valence electrons. The summed E-state index contributed by atoms with van der Waals surface area (Å²) in [5.41, 5.74) is 1.38. The number of pyridine rings is 1. The second kappa shape index (κ2) is 5.36. The van der Waals surface area contributed by atoms with Crippen molar-refractivity contribution in [2.75, 3.05) is 10.6 Å². The summed E-state index contributed by atoms with van der Waals surface area (Å²) in [6.45, 7) is 0. The van der Waals surface area contributed by atoms with Crippen LogP contribution in [0.4, 0.5) is 15.8 Å². The lowest BCUT2D eigenvalue weighted by atomic mass is 10.3. The standard InChI is InChI=1S/C12H10FN3S/c13-9-6-11(8-14-7-9)16-12(17)15-10-4-2-1-3-5-10/h1-8H,(H2,15,16,17). The molecule has 0 unspecified atom stereocenters.